The van der Waals surface area contributed by atoms with Crippen molar-refractivity contribution in [2.24, 2.45) is 0 Å². The first kappa shape index (κ1) is 18.6. The summed E-state index contributed by atoms with van der Waals surface area (Å²) in [6.45, 7) is 7.11. The number of rotatable bonds is 5. The highest BCUT2D eigenvalue weighted by molar-refractivity contribution is 5.95. The third-order valence-corrected chi connectivity index (χ3v) is 6.92. The van der Waals surface area contributed by atoms with Crippen LogP contribution in [0.5, 0.6) is 5.75 Å². The number of Topliss-reactive ketones (excluding diaryl/α,β-unsaturated/α-hetero) is 1. The highest BCUT2D eigenvalue weighted by atomic mass is 19.1. The predicted octanol–water partition coefficient (Wildman–Crippen LogP) is 4.03. The summed E-state index contributed by atoms with van der Waals surface area (Å²) in [5.74, 6) is 0.818. The fraction of sp³-hybridized carbons (Fsp3) is 0.458. The van der Waals surface area contributed by atoms with Crippen LogP contribution in [0.25, 0.3) is 0 Å². The summed E-state index contributed by atoms with van der Waals surface area (Å²) in [6.07, 6.45) is 2.47. The number of para-hydroxylation sites is 1. The topological polar surface area (TPSA) is 32.8 Å². The molecule has 0 radical (unpaired) electrons. The van der Waals surface area contributed by atoms with Gasteiger partial charge in [-0.25, -0.2) is 4.39 Å². The molecule has 2 aromatic rings. The molecule has 3 heterocycles. The van der Waals surface area contributed by atoms with Gasteiger partial charge in [-0.1, -0.05) is 19.1 Å². The van der Waals surface area contributed by atoms with Gasteiger partial charge in [0.1, 0.15) is 18.2 Å². The molecule has 3 aliphatic rings. The van der Waals surface area contributed by atoms with Crippen molar-refractivity contribution in [1.29, 1.82) is 0 Å². The number of fused-ring (bicyclic) bond motifs is 3. The number of halogens is 1. The molecule has 0 aromatic heterocycles. The zero-order valence-corrected chi connectivity index (χ0v) is 16.9. The van der Waals surface area contributed by atoms with E-state index in [1.165, 1.54) is 23.4 Å². The van der Waals surface area contributed by atoms with Crippen LogP contribution in [0.15, 0.2) is 42.5 Å². The van der Waals surface area contributed by atoms with Crippen molar-refractivity contribution < 1.29 is 13.9 Å². The molecule has 29 heavy (non-hydrogen) atoms. The number of hydrogen-bond acceptors (Lipinski definition) is 4. The van der Waals surface area contributed by atoms with E-state index in [0.717, 1.165) is 51.4 Å². The molecule has 5 rings (SSSR count). The van der Waals surface area contributed by atoms with E-state index >= 15 is 0 Å². The smallest absolute Gasteiger partial charge is 0.162 e. The van der Waals surface area contributed by atoms with Crippen LogP contribution in [0.4, 0.5) is 10.1 Å². The molecule has 1 unspecified atom stereocenters. The van der Waals surface area contributed by atoms with E-state index < -0.39 is 0 Å². The average Bonchev–Trinajstić information content (AvgIpc) is 2.98. The Morgan fingerprint density at radius 2 is 2.03 bits per heavy atom. The Kier molecular flexibility index (Phi) is 4.58. The van der Waals surface area contributed by atoms with Gasteiger partial charge in [0.05, 0.1) is 12.2 Å². The molecule has 4 nitrogen and oxygen atoms in total. The Labute approximate surface area is 171 Å². The SMILES string of the molecule is C[C@]12CN(CCCC(=O)c3ccc(F)cc3)CCC1N1CCOc3cccc2c31. The third-order valence-electron chi connectivity index (χ3n) is 6.92. The second-order valence-corrected chi connectivity index (χ2v) is 8.73. The lowest BCUT2D eigenvalue weighted by atomic mass is 9.74. The highest BCUT2D eigenvalue weighted by Crippen LogP contribution is 2.53. The largest absolute Gasteiger partial charge is 0.490 e. The summed E-state index contributed by atoms with van der Waals surface area (Å²) in [6, 6.07) is 12.9. The molecule has 0 bridgehead atoms. The van der Waals surface area contributed by atoms with Crippen molar-refractivity contribution in [3.8, 4) is 5.75 Å². The number of benzene rings is 2. The van der Waals surface area contributed by atoms with E-state index in [1.54, 1.807) is 12.1 Å². The molecule has 0 saturated carbocycles. The lowest BCUT2D eigenvalue weighted by Crippen LogP contribution is -2.56. The lowest BCUT2D eigenvalue weighted by molar-refractivity contribution is 0.0962. The standard InChI is InChI=1S/C24H27FN2O2/c1-24-16-26(12-3-5-20(28)17-7-9-18(25)10-8-17)13-11-22(24)27-14-15-29-21-6-2-4-19(24)23(21)27/h2,4,6-10,22H,3,5,11-16H2,1H3/t22?,24-/m1/s1. The summed E-state index contributed by atoms with van der Waals surface area (Å²) < 4.78 is 19.0. The second kappa shape index (κ2) is 7.13. The van der Waals surface area contributed by atoms with Crippen molar-refractivity contribution in [2.45, 2.75) is 37.6 Å². The first-order chi connectivity index (χ1) is 14.1. The van der Waals surface area contributed by atoms with Gasteiger partial charge in [0.2, 0.25) is 0 Å². The Hall–Kier alpha value is -2.40. The minimum absolute atomic E-state index is 0.0937. The molecule has 3 aliphatic heterocycles. The molecule has 1 saturated heterocycles. The Morgan fingerprint density at radius 3 is 2.86 bits per heavy atom. The second-order valence-electron chi connectivity index (χ2n) is 8.73. The third kappa shape index (κ3) is 3.12. The molecule has 0 aliphatic carbocycles. The van der Waals surface area contributed by atoms with Crippen LogP contribution in [0, 0.1) is 5.82 Å². The van der Waals surface area contributed by atoms with E-state index in [2.05, 4.69) is 34.9 Å². The van der Waals surface area contributed by atoms with E-state index in [-0.39, 0.29) is 17.0 Å². The number of likely N-dealkylation sites (tertiary alicyclic amines) is 1. The molecular weight excluding hydrogens is 367 g/mol. The summed E-state index contributed by atoms with van der Waals surface area (Å²) in [7, 11) is 0. The fourth-order valence-electron chi connectivity index (χ4n) is 5.54. The average molecular weight is 394 g/mol. The van der Waals surface area contributed by atoms with Gasteiger partial charge in [0, 0.05) is 36.5 Å². The summed E-state index contributed by atoms with van der Waals surface area (Å²) in [5.41, 5.74) is 3.41. The van der Waals surface area contributed by atoms with Crippen molar-refractivity contribution in [1.82, 2.24) is 4.90 Å². The van der Waals surface area contributed by atoms with Gasteiger partial charge in [-0.3, -0.25) is 4.79 Å². The quantitative estimate of drug-likeness (QED) is 0.717. The molecule has 5 heteroatoms. The number of anilines is 1. The van der Waals surface area contributed by atoms with Crippen LogP contribution in [-0.4, -0.2) is 49.5 Å². The molecule has 0 amide bonds. The normalized spacial score (nSPS) is 25.3. The summed E-state index contributed by atoms with van der Waals surface area (Å²) in [5, 5.41) is 0. The Balaban J connectivity index is 1.25. The van der Waals surface area contributed by atoms with Crippen LogP contribution in [0.1, 0.15) is 42.1 Å². The van der Waals surface area contributed by atoms with Gasteiger partial charge in [-0.05, 0) is 55.3 Å². The summed E-state index contributed by atoms with van der Waals surface area (Å²) in [4.78, 5) is 17.5. The molecule has 2 aromatic carbocycles. The van der Waals surface area contributed by atoms with Crippen LogP contribution in [0.2, 0.25) is 0 Å². The Bertz CT molecular complexity index is 929. The maximum Gasteiger partial charge on any atom is 0.162 e. The number of nitrogens with zero attached hydrogens (tertiary/aromatic N) is 2. The number of ketones is 1. The van der Waals surface area contributed by atoms with Gasteiger partial charge in [0.15, 0.2) is 5.78 Å². The molecule has 0 N–H and O–H groups in total. The number of piperidine rings is 1. The molecule has 2 atom stereocenters. The Morgan fingerprint density at radius 1 is 1.21 bits per heavy atom. The first-order valence-corrected chi connectivity index (χ1v) is 10.6. The maximum atomic E-state index is 13.0. The molecule has 152 valence electrons. The van der Waals surface area contributed by atoms with Crippen LogP contribution in [0.3, 0.4) is 0 Å². The first-order valence-electron chi connectivity index (χ1n) is 10.6. The minimum Gasteiger partial charge on any atom is -0.490 e. The highest BCUT2D eigenvalue weighted by Gasteiger charge is 2.52. The number of carbonyl (C=O) groups is 1. The van der Waals surface area contributed by atoms with Crippen LogP contribution >= 0.6 is 0 Å². The van der Waals surface area contributed by atoms with Crippen LogP contribution < -0.4 is 9.64 Å². The van der Waals surface area contributed by atoms with Gasteiger partial charge in [0.25, 0.3) is 0 Å². The van der Waals surface area contributed by atoms with Gasteiger partial charge in [-0.2, -0.15) is 0 Å². The van der Waals surface area contributed by atoms with E-state index in [0.29, 0.717) is 18.0 Å². The van der Waals surface area contributed by atoms with Crippen molar-refractivity contribution >= 4 is 11.5 Å². The van der Waals surface area contributed by atoms with Gasteiger partial charge < -0.3 is 14.5 Å². The van der Waals surface area contributed by atoms with E-state index in [9.17, 15) is 9.18 Å². The van der Waals surface area contributed by atoms with E-state index in [1.807, 2.05) is 0 Å². The monoisotopic (exact) mass is 394 g/mol. The number of hydrogen-bond donors (Lipinski definition) is 0. The van der Waals surface area contributed by atoms with Crippen molar-refractivity contribution in [3.05, 3.63) is 59.4 Å². The maximum absolute atomic E-state index is 13.0. The molecular formula is C24H27FN2O2. The van der Waals surface area contributed by atoms with Crippen molar-refractivity contribution in [3.63, 3.8) is 0 Å². The number of ether oxygens (including phenoxy) is 1. The fourth-order valence-corrected chi connectivity index (χ4v) is 5.54. The van der Waals surface area contributed by atoms with Gasteiger partial charge >= 0.3 is 0 Å². The molecule has 1 fully saturated rings. The zero-order valence-electron chi connectivity index (χ0n) is 16.9. The van der Waals surface area contributed by atoms with Crippen molar-refractivity contribution in [2.75, 3.05) is 37.7 Å². The zero-order chi connectivity index (χ0) is 20.0. The van der Waals surface area contributed by atoms with Crippen LogP contribution in [-0.2, 0) is 5.41 Å². The van der Waals surface area contributed by atoms with Gasteiger partial charge in [-0.15, -0.1) is 0 Å². The molecule has 0 spiro atoms. The predicted molar refractivity (Wildman–Crippen MR) is 111 cm³/mol. The van der Waals surface area contributed by atoms with E-state index in [4.69, 9.17) is 4.74 Å². The lowest BCUT2D eigenvalue weighted by Gasteiger charge is -2.45. The number of carbonyl (C=O) groups excluding carboxylic acids is 1. The summed E-state index contributed by atoms with van der Waals surface area (Å²) >= 11 is 0. The minimum atomic E-state index is -0.305.